The van der Waals surface area contributed by atoms with E-state index in [2.05, 4.69) is 41.3 Å². The van der Waals surface area contributed by atoms with E-state index in [1.807, 2.05) is 29.2 Å². The molecule has 2 heterocycles. The van der Waals surface area contributed by atoms with E-state index >= 15 is 0 Å². The van der Waals surface area contributed by atoms with Gasteiger partial charge < -0.3 is 4.90 Å². The van der Waals surface area contributed by atoms with Crippen LogP contribution in [0.4, 0.5) is 0 Å². The number of aromatic nitrogens is 3. The van der Waals surface area contributed by atoms with Crippen LogP contribution >= 0.6 is 0 Å². The molecule has 1 aliphatic heterocycles. The van der Waals surface area contributed by atoms with Gasteiger partial charge >= 0.3 is 0 Å². The predicted octanol–water partition coefficient (Wildman–Crippen LogP) is 3.26. The smallest absolute Gasteiger partial charge is 0.253 e. The molecular formula is C21H22N4O. The van der Waals surface area contributed by atoms with Crippen molar-refractivity contribution in [2.45, 2.75) is 25.8 Å². The highest BCUT2D eigenvalue weighted by Gasteiger charge is 2.28. The summed E-state index contributed by atoms with van der Waals surface area (Å²) < 4.78 is 1.77. The van der Waals surface area contributed by atoms with Gasteiger partial charge in [-0.05, 0) is 42.2 Å². The molecule has 1 aromatic heterocycles. The van der Waals surface area contributed by atoms with Crippen LogP contribution in [-0.4, -0.2) is 38.7 Å². The minimum absolute atomic E-state index is 0.119. The predicted molar refractivity (Wildman–Crippen MR) is 100 cm³/mol. The molecule has 132 valence electrons. The topological polar surface area (TPSA) is 51.0 Å². The summed E-state index contributed by atoms with van der Waals surface area (Å²) in [6.07, 6.45) is 4.24. The number of nitrogens with zero attached hydrogens (tertiary/aromatic N) is 4. The Labute approximate surface area is 153 Å². The Balaban J connectivity index is 1.42. The Morgan fingerprint density at radius 3 is 2.69 bits per heavy atom. The Bertz CT molecular complexity index is 887. The molecule has 1 unspecified atom stereocenters. The van der Waals surface area contributed by atoms with Gasteiger partial charge in [0.05, 0.1) is 6.54 Å². The van der Waals surface area contributed by atoms with Gasteiger partial charge in [0.25, 0.3) is 5.91 Å². The van der Waals surface area contributed by atoms with E-state index in [-0.39, 0.29) is 5.91 Å². The fraction of sp³-hybridized carbons (Fsp3) is 0.286. The first kappa shape index (κ1) is 16.5. The van der Waals surface area contributed by atoms with Crippen LogP contribution in [0.3, 0.4) is 0 Å². The van der Waals surface area contributed by atoms with E-state index in [1.165, 1.54) is 17.5 Å². The van der Waals surface area contributed by atoms with Crippen molar-refractivity contribution in [1.82, 2.24) is 19.7 Å². The lowest BCUT2D eigenvalue weighted by atomic mass is 9.94. The van der Waals surface area contributed by atoms with Crippen molar-refractivity contribution in [1.29, 1.82) is 0 Å². The van der Waals surface area contributed by atoms with Crippen LogP contribution < -0.4 is 0 Å². The lowest BCUT2D eigenvalue weighted by molar-refractivity contribution is 0.0790. The Morgan fingerprint density at radius 2 is 1.96 bits per heavy atom. The molecule has 0 spiro atoms. The third-order valence-corrected chi connectivity index (χ3v) is 5.12. The number of benzene rings is 2. The standard InChI is InChI=1S/C21H22N4O/c1-16-4-2-3-5-20(16)19-10-11-24(13-19)21(26)18-8-6-17(7-9-18)12-25-15-22-14-23-25/h2-9,14-15,19H,10-13H2,1H3. The number of carbonyl (C=O) groups is 1. The molecule has 1 saturated heterocycles. The van der Waals surface area contributed by atoms with Crippen LogP contribution in [0.25, 0.3) is 0 Å². The van der Waals surface area contributed by atoms with Gasteiger partial charge in [0.15, 0.2) is 0 Å². The van der Waals surface area contributed by atoms with E-state index in [0.29, 0.717) is 12.5 Å². The van der Waals surface area contributed by atoms with Crippen molar-refractivity contribution in [3.05, 3.63) is 83.4 Å². The number of carbonyl (C=O) groups excluding carboxylic acids is 1. The molecule has 3 aromatic rings. The lowest BCUT2D eigenvalue weighted by Crippen LogP contribution is -2.28. The largest absolute Gasteiger partial charge is 0.338 e. The quantitative estimate of drug-likeness (QED) is 0.728. The third-order valence-electron chi connectivity index (χ3n) is 5.12. The van der Waals surface area contributed by atoms with Gasteiger partial charge in [0, 0.05) is 24.6 Å². The maximum absolute atomic E-state index is 12.8. The van der Waals surface area contributed by atoms with E-state index in [4.69, 9.17) is 0 Å². The number of likely N-dealkylation sites (tertiary alicyclic amines) is 1. The van der Waals surface area contributed by atoms with Crippen LogP contribution in [0.15, 0.2) is 61.2 Å². The second-order valence-corrected chi connectivity index (χ2v) is 6.88. The summed E-state index contributed by atoms with van der Waals surface area (Å²) in [5.74, 6) is 0.556. The maximum Gasteiger partial charge on any atom is 0.253 e. The van der Waals surface area contributed by atoms with Gasteiger partial charge in [-0.2, -0.15) is 5.10 Å². The zero-order chi connectivity index (χ0) is 17.9. The summed E-state index contributed by atoms with van der Waals surface area (Å²) in [5.41, 5.74) is 4.53. The van der Waals surface area contributed by atoms with Gasteiger partial charge in [0.2, 0.25) is 0 Å². The van der Waals surface area contributed by atoms with Gasteiger partial charge in [-0.1, -0.05) is 36.4 Å². The molecule has 0 aliphatic carbocycles. The molecule has 5 heteroatoms. The number of aryl methyl sites for hydroxylation is 1. The molecule has 0 saturated carbocycles. The lowest BCUT2D eigenvalue weighted by Gasteiger charge is -2.18. The van der Waals surface area contributed by atoms with E-state index in [0.717, 1.165) is 30.6 Å². The van der Waals surface area contributed by atoms with E-state index in [9.17, 15) is 4.79 Å². The minimum Gasteiger partial charge on any atom is -0.338 e. The molecular weight excluding hydrogens is 324 g/mol. The second-order valence-electron chi connectivity index (χ2n) is 6.88. The average Bonchev–Trinajstić information content (AvgIpc) is 3.34. The summed E-state index contributed by atoms with van der Waals surface area (Å²) in [6.45, 7) is 4.42. The fourth-order valence-corrected chi connectivity index (χ4v) is 3.68. The first-order valence-electron chi connectivity index (χ1n) is 8.97. The van der Waals surface area contributed by atoms with Crippen molar-refractivity contribution in [2.24, 2.45) is 0 Å². The average molecular weight is 346 g/mol. The first-order chi connectivity index (χ1) is 12.7. The molecule has 1 amide bonds. The van der Waals surface area contributed by atoms with Crippen molar-refractivity contribution in [2.75, 3.05) is 13.1 Å². The number of hydrogen-bond donors (Lipinski definition) is 0. The van der Waals surface area contributed by atoms with E-state index < -0.39 is 0 Å². The monoisotopic (exact) mass is 346 g/mol. The third kappa shape index (κ3) is 3.38. The molecule has 0 radical (unpaired) electrons. The normalized spacial score (nSPS) is 16.8. The highest BCUT2D eigenvalue weighted by molar-refractivity contribution is 5.94. The number of rotatable bonds is 4. The zero-order valence-electron chi connectivity index (χ0n) is 14.9. The molecule has 1 atom stereocenters. The summed E-state index contributed by atoms with van der Waals surface area (Å²) in [5, 5.41) is 4.11. The molecule has 2 aromatic carbocycles. The van der Waals surface area contributed by atoms with Crippen LogP contribution in [-0.2, 0) is 6.54 Å². The Hall–Kier alpha value is -2.95. The van der Waals surface area contributed by atoms with Crippen LogP contribution in [0.5, 0.6) is 0 Å². The van der Waals surface area contributed by atoms with Crippen LogP contribution in [0.2, 0.25) is 0 Å². The minimum atomic E-state index is 0.119. The Morgan fingerprint density at radius 1 is 1.15 bits per heavy atom. The zero-order valence-corrected chi connectivity index (χ0v) is 14.9. The molecule has 1 aliphatic rings. The number of amides is 1. The molecule has 5 nitrogen and oxygen atoms in total. The highest BCUT2D eigenvalue weighted by Crippen LogP contribution is 2.30. The summed E-state index contributed by atoms with van der Waals surface area (Å²) >= 11 is 0. The highest BCUT2D eigenvalue weighted by atomic mass is 16.2. The van der Waals surface area contributed by atoms with Crippen molar-refractivity contribution < 1.29 is 4.79 Å². The first-order valence-corrected chi connectivity index (χ1v) is 8.97. The maximum atomic E-state index is 12.8. The van der Waals surface area contributed by atoms with Crippen molar-refractivity contribution >= 4 is 5.91 Å². The Kier molecular flexibility index (Phi) is 4.52. The van der Waals surface area contributed by atoms with Crippen molar-refractivity contribution in [3.63, 3.8) is 0 Å². The summed E-state index contributed by atoms with van der Waals surface area (Å²) in [6, 6.07) is 16.3. The van der Waals surface area contributed by atoms with Crippen LogP contribution in [0, 0.1) is 6.92 Å². The SMILES string of the molecule is Cc1ccccc1C1CCN(C(=O)c2ccc(Cn3cncn3)cc2)C1. The van der Waals surface area contributed by atoms with Gasteiger partial charge in [-0.25, -0.2) is 9.67 Å². The summed E-state index contributed by atoms with van der Waals surface area (Å²) in [4.78, 5) is 18.8. The second kappa shape index (κ2) is 7.12. The number of hydrogen-bond acceptors (Lipinski definition) is 3. The molecule has 0 bridgehead atoms. The molecule has 26 heavy (non-hydrogen) atoms. The molecule has 1 fully saturated rings. The van der Waals surface area contributed by atoms with Gasteiger partial charge in [-0.15, -0.1) is 0 Å². The summed E-state index contributed by atoms with van der Waals surface area (Å²) in [7, 11) is 0. The van der Waals surface area contributed by atoms with Crippen molar-refractivity contribution in [3.8, 4) is 0 Å². The molecule has 4 rings (SSSR count). The van der Waals surface area contributed by atoms with Crippen LogP contribution in [0.1, 0.15) is 39.4 Å². The van der Waals surface area contributed by atoms with Gasteiger partial charge in [0.1, 0.15) is 12.7 Å². The van der Waals surface area contributed by atoms with Gasteiger partial charge in [-0.3, -0.25) is 4.79 Å². The molecule has 0 N–H and O–H groups in total. The fourth-order valence-electron chi connectivity index (χ4n) is 3.68. The van der Waals surface area contributed by atoms with E-state index in [1.54, 1.807) is 11.0 Å².